The van der Waals surface area contributed by atoms with Gasteiger partial charge in [0.15, 0.2) is 0 Å². The van der Waals surface area contributed by atoms with Crippen LogP contribution >= 0.6 is 11.8 Å². The number of H-pyrrole nitrogens is 2. The van der Waals surface area contributed by atoms with Gasteiger partial charge in [0.25, 0.3) is 5.56 Å². The molecule has 88 valence electrons. The van der Waals surface area contributed by atoms with Crippen LogP contribution in [0, 0.1) is 0 Å². The highest BCUT2D eigenvalue weighted by Gasteiger charge is 2.13. The van der Waals surface area contributed by atoms with Crippen molar-refractivity contribution in [2.45, 2.75) is 43.1 Å². The first-order chi connectivity index (χ1) is 7.74. The lowest BCUT2D eigenvalue weighted by Gasteiger charge is -2.20. The van der Waals surface area contributed by atoms with Crippen LogP contribution < -0.4 is 11.2 Å². The van der Waals surface area contributed by atoms with Gasteiger partial charge < -0.3 is 4.98 Å². The highest BCUT2D eigenvalue weighted by Crippen LogP contribution is 2.29. The first-order valence-corrected chi connectivity index (χ1v) is 6.73. The van der Waals surface area contributed by atoms with E-state index in [1.165, 1.54) is 38.2 Å². The Labute approximate surface area is 97.9 Å². The summed E-state index contributed by atoms with van der Waals surface area (Å²) >= 11 is 1.84. The lowest BCUT2D eigenvalue weighted by Crippen LogP contribution is -2.22. The molecule has 1 heterocycles. The van der Waals surface area contributed by atoms with E-state index in [9.17, 15) is 9.59 Å². The Morgan fingerprint density at radius 2 is 1.94 bits per heavy atom. The average molecular weight is 240 g/mol. The van der Waals surface area contributed by atoms with Crippen molar-refractivity contribution in [3.05, 3.63) is 32.6 Å². The molecule has 1 aromatic heterocycles. The molecule has 1 fully saturated rings. The van der Waals surface area contributed by atoms with Crippen LogP contribution in [0.5, 0.6) is 0 Å². The van der Waals surface area contributed by atoms with Crippen LogP contribution in [-0.2, 0) is 5.75 Å². The number of nitrogens with one attached hydrogen (secondary N) is 2. The van der Waals surface area contributed by atoms with Crippen molar-refractivity contribution < 1.29 is 0 Å². The van der Waals surface area contributed by atoms with Crippen molar-refractivity contribution in [1.29, 1.82) is 0 Å². The zero-order chi connectivity index (χ0) is 11.4. The molecule has 1 aliphatic rings. The quantitative estimate of drug-likeness (QED) is 0.844. The smallest absolute Gasteiger partial charge is 0.310 e. The molecule has 2 rings (SSSR count). The lowest BCUT2D eigenvalue weighted by molar-refractivity contribution is 0.516. The van der Waals surface area contributed by atoms with E-state index < -0.39 is 5.69 Å². The van der Waals surface area contributed by atoms with Crippen molar-refractivity contribution in [1.82, 2.24) is 9.97 Å². The average Bonchev–Trinajstić information content (AvgIpc) is 2.27. The maximum absolute atomic E-state index is 11.1. The fourth-order valence-corrected chi connectivity index (χ4v) is 3.27. The molecule has 0 unspecified atom stereocenters. The Hall–Kier alpha value is -0.970. The maximum Gasteiger partial charge on any atom is 0.325 e. The zero-order valence-corrected chi connectivity index (χ0v) is 9.94. The van der Waals surface area contributed by atoms with E-state index in [1.807, 2.05) is 11.8 Å². The minimum atomic E-state index is -0.410. The molecule has 0 spiro atoms. The van der Waals surface area contributed by atoms with E-state index in [0.717, 1.165) is 11.4 Å². The van der Waals surface area contributed by atoms with Crippen LogP contribution in [0.1, 0.15) is 37.8 Å². The van der Waals surface area contributed by atoms with Crippen LogP contribution in [0.3, 0.4) is 0 Å². The second kappa shape index (κ2) is 5.39. The van der Waals surface area contributed by atoms with Crippen molar-refractivity contribution in [2.75, 3.05) is 0 Å². The molecular formula is C11H16N2O2S. The predicted octanol–water partition coefficient (Wildman–Crippen LogP) is 1.63. The number of hydrogen-bond donors (Lipinski definition) is 2. The van der Waals surface area contributed by atoms with Gasteiger partial charge >= 0.3 is 5.69 Å². The molecule has 16 heavy (non-hydrogen) atoms. The summed E-state index contributed by atoms with van der Waals surface area (Å²) < 4.78 is 0. The van der Waals surface area contributed by atoms with Gasteiger partial charge in [-0.25, -0.2) is 4.79 Å². The van der Waals surface area contributed by atoms with Gasteiger partial charge in [0.2, 0.25) is 0 Å². The summed E-state index contributed by atoms with van der Waals surface area (Å²) in [6.07, 6.45) is 6.49. The van der Waals surface area contributed by atoms with E-state index in [2.05, 4.69) is 9.97 Å². The summed E-state index contributed by atoms with van der Waals surface area (Å²) in [5, 5.41) is 0.691. The first-order valence-electron chi connectivity index (χ1n) is 5.68. The van der Waals surface area contributed by atoms with Crippen molar-refractivity contribution in [2.24, 2.45) is 0 Å². The molecule has 4 nitrogen and oxygen atoms in total. The fourth-order valence-electron chi connectivity index (χ4n) is 2.04. The monoisotopic (exact) mass is 240 g/mol. The van der Waals surface area contributed by atoms with Gasteiger partial charge in [0.1, 0.15) is 0 Å². The highest BCUT2D eigenvalue weighted by molar-refractivity contribution is 7.99. The molecule has 0 aliphatic heterocycles. The minimum Gasteiger partial charge on any atom is -0.310 e. The van der Waals surface area contributed by atoms with Crippen molar-refractivity contribution >= 4 is 11.8 Å². The Morgan fingerprint density at radius 3 is 2.62 bits per heavy atom. The maximum atomic E-state index is 11.1. The molecule has 0 atom stereocenters. The van der Waals surface area contributed by atoms with Gasteiger partial charge in [0, 0.05) is 22.8 Å². The van der Waals surface area contributed by atoms with Crippen LogP contribution in [0.2, 0.25) is 0 Å². The van der Waals surface area contributed by atoms with Gasteiger partial charge in [-0.2, -0.15) is 11.8 Å². The Kier molecular flexibility index (Phi) is 3.88. The Bertz CT molecular complexity index is 418. The van der Waals surface area contributed by atoms with Gasteiger partial charge in [-0.15, -0.1) is 0 Å². The van der Waals surface area contributed by atoms with Gasteiger partial charge in [-0.3, -0.25) is 9.78 Å². The molecule has 1 saturated carbocycles. The second-order valence-corrected chi connectivity index (χ2v) is 5.47. The summed E-state index contributed by atoms with van der Waals surface area (Å²) in [7, 11) is 0. The number of aromatic nitrogens is 2. The van der Waals surface area contributed by atoms with Gasteiger partial charge in [-0.05, 0) is 12.8 Å². The molecule has 0 amide bonds. The Balaban J connectivity index is 1.93. The van der Waals surface area contributed by atoms with Crippen LogP contribution in [0.15, 0.2) is 15.7 Å². The third-order valence-electron chi connectivity index (χ3n) is 2.84. The summed E-state index contributed by atoms with van der Waals surface area (Å²) in [5.74, 6) is 0.726. The molecule has 0 saturated heterocycles. The molecule has 2 N–H and O–H groups in total. The molecule has 5 heteroatoms. The number of hydrogen-bond acceptors (Lipinski definition) is 3. The van der Waals surface area contributed by atoms with E-state index in [1.54, 1.807) is 0 Å². The SMILES string of the molecule is O=c1cc(CSC2CCCCC2)[nH]c(=O)[nH]1. The summed E-state index contributed by atoms with van der Waals surface area (Å²) in [6, 6.07) is 1.47. The van der Waals surface area contributed by atoms with Crippen LogP contribution in [-0.4, -0.2) is 15.2 Å². The zero-order valence-electron chi connectivity index (χ0n) is 9.12. The third kappa shape index (κ3) is 3.27. The van der Waals surface area contributed by atoms with Gasteiger partial charge in [-0.1, -0.05) is 19.3 Å². The van der Waals surface area contributed by atoms with Gasteiger partial charge in [0.05, 0.1) is 0 Å². The standard InChI is InChI=1S/C11H16N2O2S/c14-10-6-8(12-11(15)13-10)7-16-9-4-2-1-3-5-9/h6,9H,1-5,7H2,(H2,12,13,14,15). The van der Waals surface area contributed by atoms with E-state index in [0.29, 0.717) is 5.25 Å². The van der Waals surface area contributed by atoms with Crippen LogP contribution in [0.25, 0.3) is 0 Å². The van der Waals surface area contributed by atoms with E-state index in [4.69, 9.17) is 0 Å². The van der Waals surface area contributed by atoms with Crippen LogP contribution in [0.4, 0.5) is 0 Å². The molecule has 1 aromatic rings. The molecule has 1 aliphatic carbocycles. The molecular weight excluding hydrogens is 224 g/mol. The normalized spacial score (nSPS) is 17.5. The largest absolute Gasteiger partial charge is 0.325 e. The first kappa shape index (κ1) is 11.5. The fraction of sp³-hybridized carbons (Fsp3) is 0.636. The molecule has 0 radical (unpaired) electrons. The second-order valence-electron chi connectivity index (χ2n) is 4.18. The molecule has 0 aromatic carbocycles. The minimum absolute atomic E-state index is 0.317. The molecule has 0 bridgehead atoms. The summed E-state index contributed by atoms with van der Waals surface area (Å²) in [5.41, 5.74) is -0.000869. The van der Waals surface area contributed by atoms with Crippen molar-refractivity contribution in [3.8, 4) is 0 Å². The number of aromatic amines is 2. The Morgan fingerprint density at radius 1 is 1.19 bits per heavy atom. The van der Waals surface area contributed by atoms with E-state index >= 15 is 0 Å². The lowest BCUT2D eigenvalue weighted by atomic mass is 10.0. The summed E-state index contributed by atoms with van der Waals surface area (Å²) in [6.45, 7) is 0. The number of rotatable bonds is 3. The predicted molar refractivity (Wildman–Crippen MR) is 65.9 cm³/mol. The van der Waals surface area contributed by atoms with Crippen molar-refractivity contribution in [3.63, 3.8) is 0 Å². The highest BCUT2D eigenvalue weighted by atomic mass is 32.2. The third-order valence-corrected chi connectivity index (χ3v) is 4.26. The summed E-state index contributed by atoms with van der Waals surface area (Å²) in [4.78, 5) is 26.9. The van der Waals surface area contributed by atoms with E-state index in [-0.39, 0.29) is 5.56 Å². The topological polar surface area (TPSA) is 65.7 Å². The number of thioether (sulfide) groups is 1.